The average Bonchev–Trinajstić information content (AvgIpc) is 1.96. The first kappa shape index (κ1) is 7.52. The fraction of sp³-hybridized carbons (Fsp3) is 0.667. The second-order valence-corrected chi connectivity index (χ2v) is 3.13. The molecule has 0 aromatic rings. The van der Waals surface area contributed by atoms with Gasteiger partial charge in [-0.05, 0) is 26.7 Å². The third-order valence-corrected chi connectivity index (χ3v) is 2.20. The Balaban J connectivity index is 2.70. The molecular weight excluding hydrogens is 124 g/mol. The molecule has 0 aliphatic heterocycles. The summed E-state index contributed by atoms with van der Waals surface area (Å²) in [5, 5.41) is 0. The van der Waals surface area contributed by atoms with Gasteiger partial charge in [-0.15, -0.1) is 0 Å². The Morgan fingerprint density at radius 1 is 1.10 bits per heavy atom. The highest BCUT2D eigenvalue weighted by Gasteiger charge is 2.09. The van der Waals surface area contributed by atoms with E-state index in [1.807, 2.05) is 0 Å². The molecule has 0 aromatic heterocycles. The number of carbonyl (C=O) groups excluding carboxylic acids is 1. The van der Waals surface area contributed by atoms with Crippen molar-refractivity contribution in [2.24, 2.45) is 0 Å². The molecule has 0 saturated heterocycles. The van der Waals surface area contributed by atoms with E-state index < -0.39 is 0 Å². The van der Waals surface area contributed by atoms with Gasteiger partial charge in [0.1, 0.15) is 5.78 Å². The van der Waals surface area contributed by atoms with Crippen molar-refractivity contribution in [3.05, 3.63) is 11.1 Å². The fourth-order valence-corrected chi connectivity index (χ4v) is 1.30. The lowest BCUT2D eigenvalue weighted by molar-refractivity contribution is -0.118. The summed E-state index contributed by atoms with van der Waals surface area (Å²) < 4.78 is 0. The maximum Gasteiger partial charge on any atom is 0.136 e. The predicted molar refractivity (Wildman–Crippen MR) is 41.8 cm³/mol. The number of Topliss-reactive ketones (excluding diaryl/α,β-unsaturated/α-hetero) is 1. The number of rotatable bonds is 0. The Labute approximate surface area is 62.1 Å². The van der Waals surface area contributed by atoms with Crippen LogP contribution in [0.3, 0.4) is 0 Å². The van der Waals surface area contributed by atoms with Gasteiger partial charge < -0.3 is 0 Å². The highest BCUT2D eigenvalue weighted by molar-refractivity contribution is 5.81. The summed E-state index contributed by atoms with van der Waals surface area (Å²) in [4.78, 5) is 11.0. The molecule has 0 atom stereocenters. The van der Waals surface area contributed by atoms with Gasteiger partial charge in [-0.3, -0.25) is 4.79 Å². The van der Waals surface area contributed by atoms with Gasteiger partial charge in [0.05, 0.1) is 0 Å². The van der Waals surface area contributed by atoms with Crippen LogP contribution in [0, 0.1) is 0 Å². The van der Waals surface area contributed by atoms with E-state index in [9.17, 15) is 4.79 Å². The van der Waals surface area contributed by atoms with Gasteiger partial charge >= 0.3 is 0 Å². The minimum absolute atomic E-state index is 0.411. The molecule has 0 saturated carbocycles. The van der Waals surface area contributed by atoms with E-state index in [2.05, 4.69) is 13.8 Å². The molecule has 1 nitrogen and oxygen atoms in total. The topological polar surface area (TPSA) is 17.1 Å². The number of hydrogen-bond acceptors (Lipinski definition) is 1. The molecule has 0 bridgehead atoms. The van der Waals surface area contributed by atoms with Gasteiger partial charge in [-0.1, -0.05) is 11.1 Å². The molecule has 0 aromatic carbocycles. The largest absolute Gasteiger partial charge is 0.299 e. The van der Waals surface area contributed by atoms with Crippen molar-refractivity contribution < 1.29 is 4.79 Å². The molecule has 1 aliphatic carbocycles. The zero-order valence-corrected chi connectivity index (χ0v) is 6.74. The number of allylic oxidation sites excluding steroid dienone is 2. The van der Waals surface area contributed by atoms with Crippen molar-refractivity contribution in [1.29, 1.82) is 0 Å². The SMILES string of the molecule is CC1=C(C)CC(=O)CCC1. The highest BCUT2D eigenvalue weighted by atomic mass is 16.1. The third-order valence-electron chi connectivity index (χ3n) is 2.20. The first-order valence-electron chi connectivity index (χ1n) is 3.87. The van der Waals surface area contributed by atoms with Gasteiger partial charge in [0.2, 0.25) is 0 Å². The van der Waals surface area contributed by atoms with Gasteiger partial charge in [0, 0.05) is 12.8 Å². The van der Waals surface area contributed by atoms with Crippen LogP contribution in [0.4, 0.5) is 0 Å². The molecule has 0 spiro atoms. The molecule has 1 heteroatoms. The van der Waals surface area contributed by atoms with Crippen LogP contribution in [-0.4, -0.2) is 5.78 Å². The summed E-state index contributed by atoms with van der Waals surface area (Å²) in [6.45, 7) is 4.20. The summed E-state index contributed by atoms with van der Waals surface area (Å²) >= 11 is 0. The molecule has 0 amide bonds. The summed E-state index contributed by atoms with van der Waals surface area (Å²) in [5.74, 6) is 0.411. The second kappa shape index (κ2) is 3.00. The minimum Gasteiger partial charge on any atom is -0.299 e. The summed E-state index contributed by atoms with van der Waals surface area (Å²) in [5.41, 5.74) is 2.72. The molecule has 0 heterocycles. The molecule has 0 fully saturated rings. The van der Waals surface area contributed by atoms with E-state index in [4.69, 9.17) is 0 Å². The number of ketones is 1. The van der Waals surface area contributed by atoms with Gasteiger partial charge in [-0.2, -0.15) is 0 Å². The molecule has 10 heavy (non-hydrogen) atoms. The van der Waals surface area contributed by atoms with Gasteiger partial charge in [0.15, 0.2) is 0 Å². The van der Waals surface area contributed by atoms with Crippen molar-refractivity contribution in [2.45, 2.75) is 39.5 Å². The average molecular weight is 138 g/mol. The van der Waals surface area contributed by atoms with Crippen LogP contribution in [-0.2, 0) is 4.79 Å². The van der Waals surface area contributed by atoms with Crippen LogP contribution >= 0.6 is 0 Å². The van der Waals surface area contributed by atoms with Crippen LogP contribution < -0.4 is 0 Å². The van der Waals surface area contributed by atoms with E-state index in [0.29, 0.717) is 12.2 Å². The smallest absolute Gasteiger partial charge is 0.136 e. The Hall–Kier alpha value is -0.590. The maximum absolute atomic E-state index is 11.0. The van der Waals surface area contributed by atoms with Crippen molar-refractivity contribution in [3.63, 3.8) is 0 Å². The monoisotopic (exact) mass is 138 g/mol. The Morgan fingerprint density at radius 3 is 2.50 bits per heavy atom. The fourth-order valence-electron chi connectivity index (χ4n) is 1.30. The zero-order chi connectivity index (χ0) is 7.56. The lowest BCUT2D eigenvalue weighted by Gasteiger charge is -1.98. The minimum atomic E-state index is 0.411. The van der Waals surface area contributed by atoms with Crippen LogP contribution in [0.5, 0.6) is 0 Å². The van der Waals surface area contributed by atoms with E-state index in [1.165, 1.54) is 11.1 Å². The van der Waals surface area contributed by atoms with E-state index in [0.717, 1.165) is 19.3 Å². The van der Waals surface area contributed by atoms with Crippen LogP contribution in [0.25, 0.3) is 0 Å². The number of carbonyl (C=O) groups is 1. The molecule has 0 radical (unpaired) electrons. The Morgan fingerprint density at radius 2 is 1.80 bits per heavy atom. The van der Waals surface area contributed by atoms with Gasteiger partial charge in [-0.25, -0.2) is 0 Å². The van der Waals surface area contributed by atoms with Crippen molar-refractivity contribution in [3.8, 4) is 0 Å². The molecule has 0 N–H and O–H groups in total. The quantitative estimate of drug-likeness (QED) is 0.470. The van der Waals surface area contributed by atoms with E-state index >= 15 is 0 Å². The van der Waals surface area contributed by atoms with Crippen LogP contribution in [0.1, 0.15) is 39.5 Å². The first-order valence-corrected chi connectivity index (χ1v) is 3.87. The van der Waals surface area contributed by atoms with Crippen molar-refractivity contribution >= 4 is 5.78 Å². The van der Waals surface area contributed by atoms with E-state index in [1.54, 1.807) is 0 Å². The van der Waals surface area contributed by atoms with E-state index in [-0.39, 0.29) is 0 Å². The standard InChI is InChI=1S/C9H14O/c1-7-4-3-5-9(10)6-8(7)2/h3-6H2,1-2H3. The Bertz CT molecular complexity index is 177. The third kappa shape index (κ3) is 1.69. The Kier molecular flexibility index (Phi) is 2.25. The van der Waals surface area contributed by atoms with Crippen LogP contribution in [0.15, 0.2) is 11.1 Å². The predicted octanol–water partition coefficient (Wildman–Crippen LogP) is 2.47. The summed E-state index contributed by atoms with van der Waals surface area (Å²) in [6, 6.07) is 0. The second-order valence-electron chi connectivity index (χ2n) is 3.13. The number of hydrogen-bond donors (Lipinski definition) is 0. The van der Waals surface area contributed by atoms with Crippen molar-refractivity contribution in [2.75, 3.05) is 0 Å². The maximum atomic E-state index is 11.0. The zero-order valence-electron chi connectivity index (χ0n) is 6.74. The van der Waals surface area contributed by atoms with Gasteiger partial charge in [0.25, 0.3) is 0 Å². The normalized spacial score (nSPS) is 21.2. The molecular formula is C9H14O. The lowest BCUT2D eigenvalue weighted by Crippen LogP contribution is -1.94. The molecule has 0 unspecified atom stereocenters. The summed E-state index contributed by atoms with van der Waals surface area (Å²) in [6.07, 6.45) is 3.67. The van der Waals surface area contributed by atoms with Crippen molar-refractivity contribution in [1.82, 2.24) is 0 Å². The highest BCUT2D eigenvalue weighted by Crippen LogP contribution is 2.20. The summed E-state index contributed by atoms with van der Waals surface area (Å²) in [7, 11) is 0. The lowest BCUT2D eigenvalue weighted by atomic mass is 10.1. The molecule has 1 rings (SSSR count). The molecule has 56 valence electrons. The molecule has 1 aliphatic rings. The van der Waals surface area contributed by atoms with Crippen LogP contribution in [0.2, 0.25) is 0 Å². The first-order chi connectivity index (χ1) is 4.70.